The maximum absolute atomic E-state index is 13.1. The zero-order chi connectivity index (χ0) is 13.2. The summed E-state index contributed by atoms with van der Waals surface area (Å²) in [5, 5.41) is 1.15. The van der Waals surface area contributed by atoms with Crippen LogP contribution in [-0.4, -0.2) is 4.98 Å². The standard InChI is InChI=1S/C16H14FNO/c1-11-4-2-7-15-12(9-18-16(11)15)10-19-14-6-3-5-13(17)8-14/h2-9,18H,10H2,1H3. The minimum absolute atomic E-state index is 0.285. The topological polar surface area (TPSA) is 25.0 Å². The molecule has 3 heteroatoms. The molecule has 0 aliphatic carbocycles. The van der Waals surface area contributed by atoms with Gasteiger partial charge in [-0.15, -0.1) is 0 Å². The summed E-state index contributed by atoms with van der Waals surface area (Å²) in [5.41, 5.74) is 3.40. The van der Waals surface area contributed by atoms with Crippen LogP contribution >= 0.6 is 0 Å². The van der Waals surface area contributed by atoms with E-state index in [0.717, 1.165) is 16.5 Å². The molecular weight excluding hydrogens is 241 g/mol. The molecule has 0 bridgehead atoms. The molecule has 2 nitrogen and oxygen atoms in total. The minimum atomic E-state index is -0.285. The molecule has 2 aromatic carbocycles. The Morgan fingerprint density at radius 1 is 1.16 bits per heavy atom. The molecule has 0 aliphatic heterocycles. The molecule has 0 amide bonds. The summed E-state index contributed by atoms with van der Waals surface area (Å²) in [6, 6.07) is 12.3. The van der Waals surface area contributed by atoms with Crippen LogP contribution in [0.2, 0.25) is 0 Å². The number of nitrogens with one attached hydrogen (secondary N) is 1. The third-order valence-corrected chi connectivity index (χ3v) is 3.20. The van der Waals surface area contributed by atoms with Gasteiger partial charge in [0.15, 0.2) is 0 Å². The largest absolute Gasteiger partial charge is 0.489 e. The smallest absolute Gasteiger partial charge is 0.126 e. The van der Waals surface area contributed by atoms with Crippen LogP contribution in [0.1, 0.15) is 11.1 Å². The van der Waals surface area contributed by atoms with Crippen molar-refractivity contribution in [3.63, 3.8) is 0 Å². The molecule has 3 aromatic rings. The van der Waals surface area contributed by atoms with Gasteiger partial charge >= 0.3 is 0 Å². The summed E-state index contributed by atoms with van der Waals surface area (Å²) >= 11 is 0. The molecule has 3 rings (SSSR count). The fourth-order valence-electron chi connectivity index (χ4n) is 2.20. The lowest BCUT2D eigenvalue weighted by Gasteiger charge is -2.05. The van der Waals surface area contributed by atoms with Crippen LogP contribution in [0.3, 0.4) is 0 Å². The lowest BCUT2D eigenvalue weighted by molar-refractivity contribution is 0.306. The van der Waals surface area contributed by atoms with E-state index in [4.69, 9.17) is 4.74 Å². The molecule has 0 aliphatic rings. The van der Waals surface area contributed by atoms with E-state index < -0.39 is 0 Å². The van der Waals surface area contributed by atoms with Gasteiger partial charge in [0.2, 0.25) is 0 Å². The van der Waals surface area contributed by atoms with Crippen molar-refractivity contribution in [1.82, 2.24) is 4.98 Å². The van der Waals surface area contributed by atoms with Crippen LogP contribution < -0.4 is 4.74 Å². The molecule has 0 saturated heterocycles. The first-order valence-corrected chi connectivity index (χ1v) is 6.18. The van der Waals surface area contributed by atoms with Crippen LogP contribution in [0.5, 0.6) is 5.75 Å². The third kappa shape index (κ3) is 2.32. The van der Waals surface area contributed by atoms with Crippen LogP contribution in [0.15, 0.2) is 48.7 Å². The quantitative estimate of drug-likeness (QED) is 0.745. The van der Waals surface area contributed by atoms with Crippen molar-refractivity contribution in [2.75, 3.05) is 0 Å². The number of aromatic nitrogens is 1. The van der Waals surface area contributed by atoms with Crippen molar-refractivity contribution >= 4 is 10.9 Å². The van der Waals surface area contributed by atoms with E-state index in [2.05, 4.69) is 24.0 Å². The Morgan fingerprint density at radius 2 is 2.00 bits per heavy atom. The van der Waals surface area contributed by atoms with Gasteiger partial charge in [-0.2, -0.15) is 0 Å². The Hall–Kier alpha value is -2.29. The van der Waals surface area contributed by atoms with E-state index >= 15 is 0 Å². The van der Waals surface area contributed by atoms with E-state index in [1.807, 2.05) is 12.3 Å². The Bertz CT molecular complexity index is 718. The number of benzene rings is 2. The van der Waals surface area contributed by atoms with Crippen molar-refractivity contribution in [1.29, 1.82) is 0 Å². The third-order valence-electron chi connectivity index (χ3n) is 3.20. The average molecular weight is 255 g/mol. The highest BCUT2D eigenvalue weighted by Crippen LogP contribution is 2.23. The molecule has 1 aromatic heterocycles. The molecule has 0 fully saturated rings. The van der Waals surface area contributed by atoms with E-state index in [1.54, 1.807) is 12.1 Å². The summed E-state index contributed by atoms with van der Waals surface area (Å²) in [4.78, 5) is 3.25. The van der Waals surface area contributed by atoms with E-state index in [1.165, 1.54) is 17.7 Å². The predicted octanol–water partition coefficient (Wildman–Crippen LogP) is 4.19. The summed E-state index contributed by atoms with van der Waals surface area (Å²) in [6.07, 6.45) is 1.94. The van der Waals surface area contributed by atoms with Gasteiger partial charge in [0.05, 0.1) is 0 Å². The Balaban J connectivity index is 1.84. The highest BCUT2D eigenvalue weighted by Gasteiger charge is 2.06. The van der Waals surface area contributed by atoms with Crippen molar-refractivity contribution in [2.45, 2.75) is 13.5 Å². The summed E-state index contributed by atoms with van der Waals surface area (Å²) in [7, 11) is 0. The van der Waals surface area contributed by atoms with Crippen LogP contribution in [0.25, 0.3) is 10.9 Å². The second kappa shape index (κ2) is 4.76. The van der Waals surface area contributed by atoms with Gasteiger partial charge in [-0.3, -0.25) is 0 Å². The maximum Gasteiger partial charge on any atom is 0.126 e. The number of aromatic amines is 1. The molecular formula is C16H14FNO. The van der Waals surface area contributed by atoms with Crippen LogP contribution in [0.4, 0.5) is 4.39 Å². The van der Waals surface area contributed by atoms with Gasteiger partial charge in [0.25, 0.3) is 0 Å². The Kier molecular flexibility index (Phi) is 2.95. The highest BCUT2D eigenvalue weighted by atomic mass is 19.1. The number of hydrogen-bond donors (Lipinski definition) is 1. The van der Waals surface area contributed by atoms with Crippen molar-refractivity contribution in [3.8, 4) is 5.75 Å². The molecule has 19 heavy (non-hydrogen) atoms. The van der Waals surface area contributed by atoms with E-state index in [9.17, 15) is 4.39 Å². The van der Waals surface area contributed by atoms with Crippen LogP contribution in [-0.2, 0) is 6.61 Å². The molecule has 1 heterocycles. The lowest BCUT2D eigenvalue weighted by atomic mass is 10.1. The number of aryl methyl sites for hydroxylation is 1. The predicted molar refractivity (Wildman–Crippen MR) is 73.8 cm³/mol. The van der Waals surface area contributed by atoms with Gasteiger partial charge in [0, 0.05) is 28.7 Å². The van der Waals surface area contributed by atoms with Crippen molar-refractivity contribution < 1.29 is 9.13 Å². The lowest BCUT2D eigenvalue weighted by Crippen LogP contribution is -1.94. The monoisotopic (exact) mass is 255 g/mol. The minimum Gasteiger partial charge on any atom is -0.489 e. The second-order valence-electron chi connectivity index (χ2n) is 4.56. The normalized spacial score (nSPS) is 10.8. The van der Waals surface area contributed by atoms with Crippen LogP contribution in [0, 0.1) is 12.7 Å². The fourth-order valence-corrected chi connectivity index (χ4v) is 2.20. The van der Waals surface area contributed by atoms with Crippen molar-refractivity contribution in [3.05, 3.63) is 65.6 Å². The SMILES string of the molecule is Cc1cccc2c(COc3cccc(F)c3)c[nH]c12. The van der Waals surface area contributed by atoms with Gasteiger partial charge < -0.3 is 9.72 Å². The van der Waals surface area contributed by atoms with E-state index in [0.29, 0.717) is 12.4 Å². The molecule has 0 radical (unpaired) electrons. The summed E-state index contributed by atoms with van der Waals surface area (Å²) < 4.78 is 18.7. The van der Waals surface area contributed by atoms with Gasteiger partial charge in [0.1, 0.15) is 18.2 Å². The fraction of sp³-hybridized carbons (Fsp3) is 0.125. The first-order chi connectivity index (χ1) is 9.24. The molecule has 96 valence electrons. The van der Waals surface area contributed by atoms with Gasteiger partial charge in [-0.1, -0.05) is 24.3 Å². The number of para-hydroxylation sites is 1. The highest BCUT2D eigenvalue weighted by molar-refractivity contribution is 5.85. The second-order valence-corrected chi connectivity index (χ2v) is 4.56. The number of ether oxygens (including phenoxy) is 1. The molecule has 1 N–H and O–H groups in total. The molecule has 0 saturated carbocycles. The van der Waals surface area contributed by atoms with E-state index in [-0.39, 0.29) is 5.82 Å². The summed E-state index contributed by atoms with van der Waals surface area (Å²) in [6.45, 7) is 2.49. The number of fused-ring (bicyclic) bond motifs is 1. The Morgan fingerprint density at radius 3 is 2.84 bits per heavy atom. The number of rotatable bonds is 3. The first-order valence-electron chi connectivity index (χ1n) is 6.18. The molecule has 0 atom stereocenters. The maximum atomic E-state index is 13.1. The van der Waals surface area contributed by atoms with Crippen molar-refractivity contribution in [2.24, 2.45) is 0 Å². The first kappa shape index (κ1) is 11.8. The number of halogens is 1. The molecule has 0 spiro atoms. The van der Waals surface area contributed by atoms with Gasteiger partial charge in [-0.25, -0.2) is 4.39 Å². The molecule has 0 unspecified atom stereocenters. The Labute approximate surface area is 110 Å². The average Bonchev–Trinajstić information content (AvgIpc) is 2.81. The number of hydrogen-bond acceptors (Lipinski definition) is 1. The van der Waals surface area contributed by atoms with Gasteiger partial charge in [-0.05, 0) is 24.6 Å². The summed E-state index contributed by atoms with van der Waals surface area (Å²) in [5.74, 6) is 0.259. The number of H-pyrrole nitrogens is 1. The zero-order valence-electron chi connectivity index (χ0n) is 10.6. The zero-order valence-corrected chi connectivity index (χ0v) is 10.6.